The molecule has 0 aliphatic carbocycles. The quantitative estimate of drug-likeness (QED) is 0.888. The summed E-state index contributed by atoms with van der Waals surface area (Å²) in [7, 11) is 0. The predicted molar refractivity (Wildman–Crippen MR) is 89.2 cm³/mol. The lowest BCUT2D eigenvalue weighted by Gasteiger charge is -2.27. The molecule has 0 fully saturated rings. The Morgan fingerprint density at radius 3 is 2.96 bits per heavy atom. The van der Waals surface area contributed by atoms with Crippen molar-refractivity contribution in [3.8, 4) is 0 Å². The minimum Gasteiger partial charge on any atom is -0.476 e. The van der Waals surface area contributed by atoms with E-state index in [1.54, 1.807) is 6.92 Å². The third-order valence-corrected chi connectivity index (χ3v) is 5.10. The Hall–Kier alpha value is -2.25. The zero-order chi connectivity index (χ0) is 17.3. The van der Waals surface area contributed by atoms with Crippen LogP contribution in [0.4, 0.5) is 0 Å². The number of aryl methyl sites for hydroxylation is 1. The Bertz CT molecular complexity index is 787. The summed E-state index contributed by atoms with van der Waals surface area (Å²) in [5, 5.41) is 13.8. The second-order valence-corrected chi connectivity index (χ2v) is 6.64. The van der Waals surface area contributed by atoms with E-state index in [1.807, 2.05) is 25.1 Å². The molecule has 0 radical (unpaired) electrons. The number of benzene rings is 1. The smallest absolute Gasteiger partial charge is 0.355 e. The van der Waals surface area contributed by atoms with Gasteiger partial charge in [-0.05, 0) is 37.0 Å². The van der Waals surface area contributed by atoms with Crippen LogP contribution in [0, 0.1) is 6.92 Å². The maximum absolute atomic E-state index is 12.6. The molecule has 0 spiro atoms. The minimum absolute atomic E-state index is 0.00835. The summed E-state index contributed by atoms with van der Waals surface area (Å²) >= 11 is 1.22. The maximum atomic E-state index is 12.6. The molecular formula is C17H18N2O4S. The van der Waals surface area contributed by atoms with Crippen molar-refractivity contribution in [1.82, 2.24) is 10.3 Å². The molecule has 0 bridgehead atoms. The van der Waals surface area contributed by atoms with Crippen LogP contribution >= 0.6 is 11.3 Å². The fraction of sp³-hybridized carbons (Fsp3) is 0.353. The minimum atomic E-state index is -1.07. The molecule has 3 rings (SSSR count). The number of carbonyl (C=O) groups is 2. The van der Waals surface area contributed by atoms with E-state index < -0.39 is 12.1 Å². The molecule has 2 N–H and O–H groups in total. The van der Waals surface area contributed by atoms with Crippen LogP contribution in [0.5, 0.6) is 0 Å². The number of nitrogens with one attached hydrogen (secondary N) is 1. The number of ether oxygens (including phenoxy) is 1. The van der Waals surface area contributed by atoms with Gasteiger partial charge >= 0.3 is 5.97 Å². The van der Waals surface area contributed by atoms with Gasteiger partial charge in [0.2, 0.25) is 0 Å². The second kappa shape index (κ2) is 6.70. The standard InChI is InChI=1S/C17H18N2O4S/c1-9-4-3-5-12-11(9)6-7-23-14(12)15(20)18-10(2)16-19-13(8-24-16)17(21)22/h3-5,8,10,14H,6-7H2,1-2H3,(H,18,20)(H,21,22). The largest absolute Gasteiger partial charge is 0.476 e. The molecule has 1 amide bonds. The lowest BCUT2D eigenvalue weighted by molar-refractivity contribution is -0.134. The number of carbonyl (C=O) groups excluding carboxylic acids is 1. The van der Waals surface area contributed by atoms with Crippen LogP contribution in [0.3, 0.4) is 0 Å². The van der Waals surface area contributed by atoms with Crippen LogP contribution < -0.4 is 5.32 Å². The Balaban J connectivity index is 1.76. The van der Waals surface area contributed by atoms with E-state index in [0.29, 0.717) is 11.6 Å². The molecule has 7 heteroatoms. The number of carboxylic acids is 1. The van der Waals surface area contributed by atoms with Crippen molar-refractivity contribution in [2.45, 2.75) is 32.4 Å². The highest BCUT2D eigenvalue weighted by Gasteiger charge is 2.29. The van der Waals surface area contributed by atoms with Crippen molar-refractivity contribution in [2.75, 3.05) is 6.61 Å². The van der Waals surface area contributed by atoms with Gasteiger partial charge in [-0.2, -0.15) is 0 Å². The Morgan fingerprint density at radius 2 is 2.25 bits per heavy atom. The molecule has 126 valence electrons. The van der Waals surface area contributed by atoms with Gasteiger partial charge in [0, 0.05) is 5.38 Å². The third-order valence-electron chi connectivity index (χ3n) is 4.07. The highest BCUT2D eigenvalue weighted by molar-refractivity contribution is 7.09. The van der Waals surface area contributed by atoms with Gasteiger partial charge in [0.1, 0.15) is 5.01 Å². The SMILES string of the molecule is Cc1cccc2c1CCOC2C(=O)NC(C)c1nc(C(=O)O)cs1. The van der Waals surface area contributed by atoms with E-state index in [2.05, 4.69) is 10.3 Å². The molecule has 1 aromatic carbocycles. The van der Waals surface area contributed by atoms with Gasteiger partial charge < -0.3 is 15.2 Å². The molecule has 0 saturated heterocycles. The molecule has 0 saturated carbocycles. The van der Waals surface area contributed by atoms with Crippen molar-refractivity contribution < 1.29 is 19.4 Å². The van der Waals surface area contributed by atoms with Crippen LogP contribution in [0.2, 0.25) is 0 Å². The molecule has 1 aliphatic heterocycles. The fourth-order valence-electron chi connectivity index (χ4n) is 2.83. The Kier molecular flexibility index (Phi) is 4.64. The molecule has 6 nitrogen and oxygen atoms in total. The van der Waals surface area contributed by atoms with Crippen molar-refractivity contribution >= 4 is 23.2 Å². The number of thiazole rings is 1. The first-order valence-corrected chi connectivity index (χ1v) is 8.54. The first-order chi connectivity index (χ1) is 11.5. The predicted octanol–water partition coefficient (Wildman–Crippen LogP) is 2.64. The zero-order valence-corrected chi connectivity index (χ0v) is 14.2. The first-order valence-electron chi connectivity index (χ1n) is 7.66. The number of aromatic carboxylic acids is 1. The van der Waals surface area contributed by atoms with Crippen LogP contribution in [0.15, 0.2) is 23.6 Å². The van der Waals surface area contributed by atoms with E-state index in [9.17, 15) is 9.59 Å². The monoisotopic (exact) mass is 346 g/mol. The molecule has 2 heterocycles. The van der Waals surface area contributed by atoms with E-state index >= 15 is 0 Å². The first kappa shape index (κ1) is 16.6. The fourth-order valence-corrected chi connectivity index (χ4v) is 3.63. The molecule has 2 unspecified atom stereocenters. The molecular weight excluding hydrogens is 328 g/mol. The summed E-state index contributed by atoms with van der Waals surface area (Å²) in [6.07, 6.45) is 0.158. The third kappa shape index (κ3) is 3.18. The summed E-state index contributed by atoms with van der Waals surface area (Å²) in [5.41, 5.74) is 3.22. The van der Waals surface area contributed by atoms with Gasteiger partial charge in [-0.3, -0.25) is 4.79 Å². The lowest BCUT2D eigenvalue weighted by atomic mass is 9.93. The Labute approximate surface area is 143 Å². The highest BCUT2D eigenvalue weighted by atomic mass is 32.1. The molecule has 2 aromatic rings. The molecule has 1 aromatic heterocycles. The summed E-state index contributed by atoms with van der Waals surface area (Å²) in [6, 6.07) is 5.49. The summed E-state index contributed by atoms with van der Waals surface area (Å²) in [5.74, 6) is -1.31. The number of fused-ring (bicyclic) bond motifs is 1. The van der Waals surface area contributed by atoms with E-state index in [4.69, 9.17) is 9.84 Å². The second-order valence-electron chi connectivity index (χ2n) is 5.75. The van der Waals surface area contributed by atoms with Crippen LogP contribution in [0.1, 0.15) is 51.3 Å². The van der Waals surface area contributed by atoms with Crippen molar-refractivity contribution in [2.24, 2.45) is 0 Å². The summed E-state index contributed by atoms with van der Waals surface area (Å²) in [6.45, 7) is 4.32. The van der Waals surface area contributed by atoms with E-state index in [1.165, 1.54) is 22.3 Å². The normalized spacial score (nSPS) is 17.8. The molecule has 24 heavy (non-hydrogen) atoms. The van der Waals surface area contributed by atoms with Crippen LogP contribution in [-0.2, 0) is 16.0 Å². The van der Waals surface area contributed by atoms with Gasteiger partial charge in [-0.15, -0.1) is 11.3 Å². The zero-order valence-electron chi connectivity index (χ0n) is 13.4. The topological polar surface area (TPSA) is 88.5 Å². The van der Waals surface area contributed by atoms with Crippen molar-refractivity contribution in [1.29, 1.82) is 0 Å². The van der Waals surface area contributed by atoms with Gasteiger partial charge in [0.15, 0.2) is 11.8 Å². The molecule has 2 atom stereocenters. The summed E-state index contributed by atoms with van der Waals surface area (Å²) < 4.78 is 5.68. The maximum Gasteiger partial charge on any atom is 0.355 e. The number of nitrogens with zero attached hydrogens (tertiary/aromatic N) is 1. The van der Waals surface area contributed by atoms with Crippen LogP contribution in [0.25, 0.3) is 0 Å². The number of amides is 1. The van der Waals surface area contributed by atoms with E-state index in [-0.39, 0.29) is 17.6 Å². The van der Waals surface area contributed by atoms with Gasteiger partial charge in [-0.1, -0.05) is 18.2 Å². The Morgan fingerprint density at radius 1 is 1.46 bits per heavy atom. The summed E-state index contributed by atoms with van der Waals surface area (Å²) in [4.78, 5) is 27.6. The van der Waals surface area contributed by atoms with Gasteiger partial charge in [-0.25, -0.2) is 9.78 Å². The van der Waals surface area contributed by atoms with E-state index in [0.717, 1.165) is 17.5 Å². The number of hydrogen-bond donors (Lipinski definition) is 2. The number of carboxylic acid groups (broad SMARTS) is 1. The molecule has 1 aliphatic rings. The van der Waals surface area contributed by atoms with Gasteiger partial charge in [0.05, 0.1) is 12.6 Å². The average Bonchev–Trinajstić information content (AvgIpc) is 3.05. The lowest BCUT2D eigenvalue weighted by Crippen LogP contribution is -2.35. The highest BCUT2D eigenvalue weighted by Crippen LogP contribution is 2.30. The number of hydrogen-bond acceptors (Lipinski definition) is 5. The van der Waals surface area contributed by atoms with Crippen molar-refractivity contribution in [3.05, 3.63) is 51.0 Å². The average molecular weight is 346 g/mol. The number of aromatic nitrogens is 1. The van der Waals surface area contributed by atoms with Crippen molar-refractivity contribution in [3.63, 3.8) is 0 Å². The van der Waals surface area contributed by atoms with Crippen LogP contribution in [-0.4, -0.2) is 28.6 Å². The van der Waals surface area contributed by atoms with Gasteiger partial charge in [0.25, 0.3) is 5.91 Å². The number of rotatable bonds is 4.